The van der Waals surface area contributed by atoms with Crippen molar-refractivity contribution in [1.82, 2.24) is 4.31 Å². The molecular weight excluding hydrogens is 382 g/mol. The van der Waals surface area contributed by atoms with Crippen LogP contribution in [0.15, 0.2) is 17.9 Å². The Hall–Kier alpha value is -1.75. The van der Waals surface area contributed by atoms with Gasteiger partial charge in [0.1, 0.15) is 11.3 Å². The topological polar surface area (TPSA) is 46.6 Å². The normalized spacial score (nSPS) is 16.8. The zero-order valence-corrected chi connectivity index (χ0v) is 20.3. The van der Waals surface area contributed by atoms with Crippen LogP contribution < -0.4 is 0 Å². The Bertz CT molecular complexity index is 836. The number of esters is 1. The predicted molar refractivity (Wildman–Crippen MR) is 121 cm³/mol. The van der Waals surface area contributed by atoms with Crippen molar-refractivity contribution in [2.45, 2.75) is 86.4 Å². The number of benzene rings is 1. The first-order chi connectivity index (χ1) is 13.1. The Morgan fingerprint density at radius 2 is 1.66 bits per heavy atom. The van der Waals surface area contributed by atoms with Gasteiger partial charge in [-0.05, 0) is 68.7 Å². The highest BCUT2D eigenvalue weighted by Crippen LogP contribution is 2.47. The number of amides is 1. The van der Waals surface area contributed by atoms with Gasteiger partial charge in [-0.3, -0.25) is 13.9 Å². The number of rotatable bonds is 5. The molecule has 5 heteroatoms. The van der Waals surface area contributed by atoms with Crippen molar-refractivity contribution in [2.75, 3.05) is 0 Å². The van der Waals surface area contributed by atoms with E-state index in [0.29, 0.717) is 11.3 Å². The summed E-state index contributed by atoms with van der Waals surface area (Å²) < 4.78 is 7.73. The van der Waals surface area contributed by atoms with Crippen molar-refractivity contribution in [3.63, 3.8) is 0 Å². The minimum atomic E-state index is -0.724. The number of carbonyl (C=O) groups excluding carboxylic acids is 2. The minimum absolute atomic E-state index is 0.0951. The first kappa shape index (κ1) is 23.5. The van der Waals surface area contributed by atoms with Crippen LogP contribution in [0.1, 0.15) is 77.1 Å². The SMILES string of the molecule is Cc1cc(C)c(C2=C(OC(=O)CC(C)(C)C)C(C)(C)N(SC(C)C)C2=O)c(C)c1. The molecule has 0 aliphatic carbocycles. The summed E-state index contributed by atoms with van der Waals surface area (Å²) in [5.74, 6) is 0.0620. The molecule has 0 N–H and O–H groups in total. The van der Waals surface area contributed by atoms with E-state index in [2.05, 4.69) is 26.0 Å². The Kier molecular flexibility index (Phi) is 6.63. The number of carbonyl (C=O) groups is 2. The zero-order valence-electron chi connectivity index (χ0n) is 19.5. The van der Waals surface area contributed by atoms with Crippen LogP contribution >= 0.6 is 11.9 Å². The lowest BCUT2D eigenvalue weighted by Gasteiger charge is -2.33. The van der Waals surface area contributed by atoms with Crippen LogP contribution in [0.3, 0.4) is 0 Å². The van der Waals surface area contributed by atoms with Gasteiger partial charge in [-0.2, -0.15) is 0 Å². The molecule has 1 aromatic carbocycles. The molecule has 0 aromatic heterocycles. The van der Waals surface area contributed by atoms with Crippen LogP contribution in [-0.2, 0) is 14.3 Å². The summed E-state index contributed by atoms with van der Waals surface area (Å²) >= 11 is 1.49. The summed E-state index contributed by atoms with van der Waals surface area (Å²) in [4.78, 5) is 26.3. The van der Waals surface area contributed by atoms with E-state index in [0.717, 1.165) is 22.3 Å². The standard InChI is InChI=1S/C24H35NO3S/c1-14(2)29-25-22(27)20(19-16(4)11-15(3)12-17(19)5)21(24(25,9)10)28-18(26)13-23(6,7)8/h11-12,14H,13H2,1-10H3. The van der Waals surface area contributed by atoms with Gasteiger partial charge in [0.05, 0.1) is 12.0 Å². The quantitative estimate of drug-likeness (QED) is 0.437. The summed E-state index contributed by atoms with van der Waals surface area (Å²) in [6.07, 6.45) is 0.289. The maximum atomic E-state index is 13.6. The van der Waals surface area contributed by atoms with Gasteiger partial charge in [0.25, 0.3) is 5.91 Å². The third-order valence-corrected chi connectivity index (χ3v) is 6.08. The van der Waals surface area contributed by atoms with E-state index in [9.17, 15) is 9.59 Å². The van der Waals surface area contributed by atoms with Crippen LogP contribution in [0.2, 0.25) is 0 Å². The number of ether oxygens (including phenoxy) is 1. The van der Waals surface area contributed by atoms with E-state index in [-0.39, 0.29) is 29.0 Å². The molecule has 1 heterocycles. The predicted octanol–water partition coefficient (Wildman–Crippen LogP) is 5.98. The third-order valence-electron chi connectivity index (χ3n) is 4.82. The van der Waals surface area contributed by atoms with Gasteiger partial charge in [-0.1, -0.05) is 52.3 Å². The van der Waals surface area contributed by atoms with Gasteiger partial charge in [-0.15, -0.1) is 0 Å². The van der Waals surface area contributed by atoms with Gasteiger partial charge < -0.3 is 4.74 Å². The minimum Gasteiger partial charge on any atom is -0.428 e. The van der Waals surface area contributed by atoms with Crippen molar-refractivity contribution < 1.29 is 14.3 Å². The Balaban J connectivity index is 2.67. The lowest BCUT2D eigenvalue weighted by Crippen LogP contribution is -2.40. The average Bonchev–Trinajstić information content (AvgIpc) is 2.66. The van der Waals surface area contributed by atoms with Crippen LogP contribution in [0.25, 0.3) is 5.57 Å². The molecule has 0 radical (unpaired) electrons. The van der Waals surface area contributed by atoms with Gasteiger partial charge in [0.2, 0.25) is 0 Å². The summed E-state index contributed by atoms with van der Waals surface area (Å²) in [6, 6.07) is 4.14. The van der Waals surface area contributed by atoms with Gasteiger partial charge in [0.15, 0.2) is 0 Å². The largest absolute Gasteiger partial charge is 0.428 e. The highest BCUT2D eigenvalue weighted by Gasteiger charge is 2.49. The Morgan fingerprint density at radius 3 is 2.10 bits per heavy atom. The van der Waals surface area contributed by atoms with E-state index in [4.69, 9.17) is 4.74 Å². The summed E-state index contributed by atoms with van der Waals surface area (Å²) in [7, 11) is 0. The lowest BCUT2D eigenvalue weighted by molar-refractivity contribution is -0.143. The van der Waals surface area contributed by atoms with Crippen LogP contribution in [-0.4, -0.2) is 27.0 Å². The van der Waals surface area contributed by atoms with Crippen LogP contribution in [0.4, 0.5) is 0 Å². The lowest BCUT2D eigenvalue weighted by atomic mass is 9.91. The molecule has 0 saturated carbocycles. The number of hydrogen-bond acceptors (Lipinski definition) is 4. The molecule has 0 atom stereocenters. The second-order valence-electron chi connectivity index (χ2n) is 10.0. The molecule has 0 bridgehead atoms. The van der Waals surface area contributed by atoms with E-state index in [1.54, 1.807) is 4.31 Å². The van der Waals surface area contributed by atoms with Gasteiger partial charge >= 0.3 is 5.97 Å². The first-order valence-electron chi connectivity index (χ1n) is 10.2. The van der Waals surface area contributed by atoms with Crippen LogP contribution in [0.5, 0.6) is 0 Å². The fourth-order valence-corrected chi connectivity index (χ4v) is 4.75. The molecular formula is C24H35NO3S. The van der Waals surface area contributed by atoms with Gasteiger partial charge in [0, 0.05) is 5.25 Å². The number of hydrogen-bond donors (Lipinski definition) is 0. The second-order valence-corrected chi connectivity index (χ2v) is 11.5. The highest BCUT2D eigenvalue weighted by molar-refractivity contribution is 7.98. The van der Waals surface area contributed by atoms with Crippen LogP contribution in [0, 0.1) is 26.2 Å². The molecule has 0 fully saturated rings. The maximum absolute atomic E-state index is 13.6. The zero-order chi connectivity index (χ0) is 22.3. The number of aryl methyl sites for hydroxylation is 3. The van der Waals surface area contributed by atoms with Crippen molar-refractivity contribution in [2.24, 2.45) is 5.41 Å². The summed E-state index contributed by atoms with van der Waals surface area (Å²) in [5.41, 5.74) is 3.66. The van der Waals surface area contributed by atoms with Crippen molar-refractivity contribution in [3.05, 3.63) is 40.1 Å². The van der Waals surface area contributed by atoms with Crippen molar-refractivity contribution in [3.8, 4) is 0 Å². The Labute approximate surface area is 180 Å². The third kappa shape index (κ3) is 5.06. The Morgan fingerprint density at radius 1 is 1.14 bits per heavy atom. The molecule has 1 aliphatic heterocycles. The van der Waals surface area contributed by atoms with Crippen molar-refractivity contribution in [1.29, 1.82) is 0 Å². The monoisotopic (exact) mass is 417 g/mol. The summed E-state index contributed by atoms with van der Waals surface area (Å²) in [5, 5.41) is 0.226. The fourth-order valence-electron chi connectivity index (χ4n) is 3.79. The maximum Gasteiger partial charge on any atom is 0.311 e. The molecule has 160 valence electrons. The van der Waals surface area contributed by atoms with E-state index in [1.165, 1.54) is 11.9 Å². The van der Waals surface area contributed by atoms with E-state index < -0.39 is 5.54 Å². The second kappa shape index (κ2) is 8.17. The highest BCUT2D eigenvalue weighted by atomic mass is 32.2. The first-order valence-corrected chi connectivity index (χ1v) is 11.0. The van der Waals surface area contributed by atoms with E-state index >= 15 is 0 Å². The molecule has 29 heavy (non-hydrogen) atoms. The molecule has 1 amide bonds. The van der Waals surface area contributed by atoms with Crippen molar-refractivity contribution >= 4 is 29.4 Å². The molecule has 2 rings (SSSR count). The summed E-state index contributed by atoms with van der Waals surface area (Å²) in [6.45, 7) is 20.1. The molecule has 4 nitrogen and oxygen atoms in total. The molecule has 0 saturated heterocycles. The smallest absolute Gasteiger partial charge is 0.311 e. The molecule has 0 spiro atoms. The molecule has 0 unspecified atom stereocenters. The molecule has 1 aliphatic rings. The van der Waals surface area contributed by atoms with E-state index in [1.807, 2.05) is 55.4 Å². The number of nitrogens with zero attached hydrogens (tertiary/aromatic N) is 1. The molecule has 1 aromatic rings. The average molecular weight is 418 g/mol. The van der Waals surface area contributed by atoms with Gasteiger partial charge in [-0.25, -0.2) is 0 Å². The fraction of sp³-hybridized carbons (Fsp3) is 0.583.